The predicted molar refractivity (Wildman–Crippen MR) is 233 cm³/mol. The van der Waals surface area contributed by atoms with Crippen molar-refractivity contribution in [2.45, 2.75) is 129 Å². The molecule has 6 rings (SSSR count). The first kappa shape index (κ1) is 45.7. The first-order valence-corrected chi connectivity index (χ1v) is 22.7. The molecule has 10 heteroatoms. The van der Waals surface area contributed by atoms with E-state index in [0.717, 1.165) is 114 Å². The maximum atomic E-state index is 13.5. The molecule has 3 saturated carbocycles. The van der Waals surface area contributed by atoms with Gasteiger partial charge in [0.25, 0.3) is 0 Å². The van der Waals surface area contributed by atoms with E-state index in [2.05, 4.69) is 33.1 Å². The molecule has 0 saturated heterocycles. The summed E-state index contributed by atoms with van der Waals surface area (Å²) in [6.45, 7) is 13.6. The van der Waals surface area contributed by atoms with Crippen LogP contribution in [-0.2, 0) is 28.5 Å². The molecule has 4 aliphatic rings. The van der Waals surface area contributed by atoms with E-state index >= 15 is 0 Å². The van der Waals surface area contributed by atoms with Crippen molar-refractivity contribution in [1.29, 1.82) is 0 Å². The van der Waals surface area contributed by atoms with Crippen LogP contribution in [0.4, 0.5) is 0 Å². The Bertz CT molecular complexity index is 1850. The SMILES string of the molecule is C=CC(=O)OCCCCCCOc1ccc(C(=O)O[C@H]2CC[C@@]3(C)C(=CC[C@H]4[C@@H]5CC[C@H](OC(=O)c6ccc(OCCCCCCOC(=O)C=C)cc6)[C@@]5(C)CC[C@@H]43)C2)cc1. The van der Waals surface area contributed by atoms with Crippen LogP contribution in [0, 0.1) is 28.6 Å². The number of esters is 4. The standard InChI is InChI=1S/C51H66O10/c1-5-46(52)58-33-13-9-7-11-31-56-39-20-15-36(16-21-39)48(54)60-41-27-29-50(3)38(35-41)19-24-42-43-25-26-45(51(43,4)30-28-44(42)50)61-49(55)37-17-22-40(23-18-37)57-32-12-8-10-14-34-59-47(53)6-2/h5-6,15-23,41-45H,1-2,7-14,24-35H2,3-4H3/t41-,42-,43-,44-,45-,50-,51-/m0/s1. The second-order valence-electron chi connectivity index (χ2n) is 17.9. The molecule has 0 heterocycles. The molecule has 3 fully saturated rings. The van der Waals surface area contributed by atoms with Gasteiger partial charge in [0.2, 0.25) is 0 Å². The van der Waals surface area contributed by atoms with E-state index in [9.17, 15) is 19.2 Å². The van der Waals surface area contributed by atoms with Gasteiger partial charge in [-0.25, -0.2) is 19.2 Å². The van der Waals surface area contributed by atoms with E-state index in [1.807, 2.05) is 24.3 Å². The number of hydrogen-bond acceptors (Lipinski definition) is 10. The van der Waals surface area contributed by atoms with Crippen LogP contribution in [0.25, 0.3) is 0 Å². The van der Waals surface area contributed by atoms with E-state index in [1.54, 1.807) is 24.3 Å². The number of allylic oxidation sites excluding steroid dienone is 1. The minimum atomic E-state index is -0.386. The van der Waals surface area contributed by atoms with E-state index in [0.29, 0.717) is 55.3 Å². The van der Waals surface area contributed by atoms with Crippen molar-refractivity contribution < 1.29 is 47.6 Å². The van der Waals surface area contributed by atoms with Gasteiger partial charge in [-0.3, -0.25) is 0 Å². The molecule has 0 unspecified atom stereocenters. The van der Waals surface area contributed by atoms with Crippen molar-refractivity contribution in [1.82, 2.24) is 0 Å². The Balaban J connectivity index is 0.920. The highest BCUT2D eigenvalue weighted by Gasteiger charge is 2.60. The maximum absolute atomic E-state index is 13.5. The number of fused-ring (bicyclic) bond motifs is 5. The van der Waals surface area contributed by atoms with Crippen LogP contribution in [0.3, 0.4) is 0 Å². The summed E-state index contributed by atoms with van der Waals surface area (Å²) in [6.07, 6.45) is 19.6. The van der Waals surface area contributed by atoms with E-state index in [-0.39, 0.29) is 46.9 Å². The Morgan fingerprint density at radius 2 is 1.15 bits per heavy atom. The quantitative estimate of drug-likeness (QED) is 0.0372. The summed E-state index contributed by atoms with van der Waals surface area (Å²) in [5.41, 5.74) is 2.56. The topological polar surface area (TPSA) is 124 Å². The highest BCUT2D eigenvalue weighted by molar-refractivity contribution is 5.90. The Labute approximate surface area is 362 Å². The van der Waals surface area contributed by atoms with Crippen molar-refractivity contribution in [3.63, 3.8) is 0 Å². The van der Waals surface area contributed by atoms with Gasteiger partial charge in [-0.05, 0) is 168 Å². The van der Waals surface area contributed by atoms with Gasteiger partial charge < -0.3 is 28.4 Å². The summed E-state index contributed by atoms with van der Waals surface area (Å²) in [5.74, 6) is 1.75. The number of rotatable bonds is 22. The molecule has 0 bridgehead atoms. The van der Waals surface area contributed by atoms with Crippen LogP contribution in [0.1, 0.15) is 137 Å². The molecule has 0 amide bonds. The summed E-state index contributed by atoms with van der Waals surface area (Å²) >= 11 is 0. The molecule has 2 aromatic carbocycles. The second-order valence-corrected chi connectivity index (χ2v) is 17.9. The number of unbranched alkanes of at least 4 members (excludes halogenated alkanes) is 6. The van der Waals surface area contributed by atoms with Crippen LogP contribution < -0.4 is 9.47 Å². The lowest BCUT2D eigenvalue weighted by molar-refractivity contribution is -0.138. The number of benzene rings is 2. The molecular formula is C51H66O10. The molecule has 0 aromatic heterocycles. The van der Waals surface area contributed by atoms with Gasteiger partial charge in [-0.2, -0.15) is 0 Å². The van der Waals surface area contributed by atoms with Gasteiger partial charge in [0.1, 0.15) is 23.7 Å². The zero-order valence-corrected chi connectivity index (χ0v) is 36.4. The molecule has 4 aliphatic carbocycles. The normalized spacial score (nSPS) is 26.3. The van der Waals surface area contributed by atoms with E-state index in [1.165, 1.54) is 17.7 Å². The van der Waals surface area contributed by atoms with Crippen LogP contribution >= 0.6 is 0 Å². The molecule has 0 radical (unpaired) electrons. The summed E-state index contributed by atoms with van der Waals surface area (Å²) < 4.78 is 34.2. The lowest BCUT2D eigenvalue weighted by Gasteiger charge is -2.57. The summed E-state index contributed by atoms with van der Waals surface area (Å²) in [5, 5.41) is 0. The largest absolute Gasteiger partial charge is 0.494 e. The predicted octanol–water partition coefficient (Wildman–Crippen LogP) is 10.7. The fourth-order valence-electron chi connectivity index (χ4n) is 10.6. The number of carbonyl (C=O) groups excluding carboxylic acids is 4. The van der Waals surface area contributed by atoms with Gasteiger partial charge in [0.05, 0.1) is 37.6 Å². The molecule has 330 valence electrons. The maximum Gasteiger partial charge on any atom is 0.338 e. The van der Waals surface area contributed by atoms with Crippen molar-refractivity contribution >= 4 is 23.9 Å². The number of carbonyl (C=O) groups is 4. The van der Waals surface area contributed by atoms with Crippen LogP contribution in [0.15, 0.2) is 85.5 Å². The van der Waals surface area contributed by atoms with E-state index < -0.39 is 0 Å². The Morgan fingerprint density at radius 1 is 0.623 bits per heavy atom. The molecule has 0 aliphatic heterocycles. The summed E-state index contributed by atoms with van der Waals surface area (Å²) in [7, 11) is 0. The lowest BCUT2D eigenvalue weighted by atomic mass is 9.48. The first-order chi connectivity index (χ1) is 29.5. The second kappa shape index (κ2) is 21.8. The first-order valence-electron chi connectivity index (χ1n) is 22.7. The average Bonchev–Trinajstić information content (AvgIpc) is 3.60. The van der Waals surface area contributed by atoms with Crippen molar-refractivity contribution in [2.75, 3.05) is 26.4 Å². The number of hydrogen-bond donors (Lipinski definition) is 0. The van der Waals surface area contributed by atoms with Crippen molar-refractivity contribution in [3.8, 4) is 11.5 Å². The fraction of sp³-hybridized carbons (Fsp3) is 0.569. The van der Waals surface area contributed by atoms with Crippen LogP contribution in [0.5, 0.6) is 11.5 Å². The molecule has 0 N–H and O–H groups in total. The molecule has 61 heavy (non-hydrogen) atoms. The smallest absolute Gasteiger partial charge is 0.338 e. The van der Waals surface area contributed by atoms with Gasteiger partial charge in [0, 0.05) is 24.0 Å². The summed E-state index contributed by atoms with van der Waals surface area (Å²) in [4.78, 5) is 48.9. The van der Waals surface area contributed by atoms with Gasteiger partial charge in [-0.15, -0.1) is 0 Å². The van der Waals surface area contributed by atoms with Crippen molar-refractivity contribution in [3.05, 3.63) is 96.6 Å². The fourth-order valence-corrected chi connectivity index (χ4v) is 10.6. The van der Waals surface area contributed by atoms with Gasteiger partial charge in [0.15, 0.2) is 0 Å². The monoisotopic (exact) mass is 838 g/mol. The molecule has 2 aromatic rings. The third kappa shape index (κ3) is 11.7. The average molecular weight is 839 g/mol. The highest BCUT2D eigenvalue weighted by Crippen LogP contribution is 2.65. The van der Waals surface area contributed by atoms with Crippen LogP contribution in [-0.4, -0.2) is 62.5 Å². The van der Waals surface area contributed by atoms with Gasteiger partial charge >= 0.3 is 23.9 Å². The third-order valence-electron chi connectivity index (χ3n) is 14.1. The molecule has 0 spiro atoms. The van der Waals surface area contributed by atoms with Crippen molar-refractivity contribution in [2.24, 2.45) is 28.6 Å². The highest BCUT2D eigenvalue weighted by atomic mass is 16.6. The number of ether oxygens (including phenoxy) is 6. The third-order valence-corrected chi connectivity index (χ3v) is 14.1. The Morgan fingerprint density at radius 3 is 1.69 bits per heavy atom. The molecule has 10 nitrogen and oxygen atoms in total. The minimum Gasteiger partial charge on any atom is -0.494 e. The molecular weight excluding hydrogens is 773 g/mol. The van der Waals surface area contributed by atoms with Gasteiger partial charge in [-0.1, -0.05) is 38.7 Å². The zero-order valence-electron chi connectivity index (χ0n) is 36.4. The van der Waals surface area contributed by atoms with E-state index in [4.69, 9.17) is 28.4 Å². The van der Waals surface area contributed by atoms with Crippen LogP contribution in [0.2, 0.25) is 0 Å². The minimum absolute atomic E-state index is 0.0489. The Kier molecular flexibility index (Phi) is 16.3. The zero-order chi connectivity index (χ0) is 43.2. The lowest BCUT2D eigenvalue weighted by Crippen LogP contribution is -2.51. The summed E-state index contributed by atoms with van der Waals surface area (Å²) in [6, 6.07) is 14.5. The Hall–Kier alpha value is -4.86. The molecule has 7 atom stereocenters.